The van der Waals surface area contributed by atoms with Crippen LogP contribution in [0.2, 0.25) is 0 Å². The second-order valence-electron chi connectivity index (χ2n) is 10.2. The van der Waals surface area contributed by atoms with Crippen molar-refractivity contribution in [1.82, 2.24) is 9.97 Å². The highest BCUT2D eigenvalue weighted by Gasteiger charge is 2.61. The van der Waals surface area contributed by atoms with Gasteiger partial charge in [-0.3, -0.25) is 4.79 Å². The number of anilines is 1. The molecule has 2 bridgehead atoms. The summed E-state index contributed by atoms with van der Waals surface area (Å²) in [4.78, 5) is 19.5. The first-order valence-corrected chi connectivity index (χ1v) is 11.9. The summed E-state index contributed by atoms with van der Waals surface area (Å²) in [5.74, 6) is -0.206. The highest BCUT2D eigenvalue weighted by atomic mass is 16.6. The van der Waals surface area contributed by atoms with Crippen molar-refractivity contribution in [2.75, 3.05) is 5.32 Å². The Balaban J connectivity index is 1.48. The van der Waals surface area contributed by atoms with Gasteiger partial charge in [0.2, 0.25) is 0 Å². The predicted molar refractivity (Wildman–Crippen MR) is 126 cm³/mol. The predicted octanol–water partition coefficient (Wildman–Crippen LogP) is 3.64. The highest BCUT2D eigenvalue weighted by molar-refractivity contribution is 6.03. The van der Waals surface area contributed by atoms with Crippen LogP contribution in [0.25, 0.3) is 5.57 Å². The van der Waals surface area contributed by atoms with Gasteiger partial charge in [0, 0.05) is 11.3 Å². The van der Waals surface area contributed by atoms with Gasteiger partial charge < -0.3 is 25.3 Å². The Morgan fingerprint density at radius 1 is 1.24 bits per heavy atom. The number of aliphatic hydroxyl groups is 2. The number of carbonyl (C=O) groups is 1. The molecular weight excluding hydrogens is 432 g/mol. The first-order valence-electron chi connectivity index (χ1n) is 11.9. The minimum atomic E-state index is -0.923. The Labute approximate surface area is 198 Å². The van der Waals surface area contributed by atoms with Crippen molar-refractivity contribution in [3.05, 3.63) is 53.1 Å². The lowest BCUT2D eigenvalue weighted by molar-refractivity contribution is -0.153. The number of amides is 1. The largest absolute Gasteiger partial charge is 0.387 e. The van der Waals surface area contributed by atoms with Crippen LogP contribution in [-0.2, 0) is 4.74 Å². The Hall–Kier alpha value is -2.99. The number of imidazole rings is 1. The molecule has 1 aromatic heterocycles. The summed E-state index contributed by atoms with van der Waals surface area (Å²) in [6.45, 7) is 3.74. The van der Waals surface area contributed by atoms with Crippen molar-refractivity contribution >= 4 is 17.2 Å². The van der Waals surface area contributed by atoms with Crippen LogP contribution in [0, 0.1) is 11.3 Å². The third kappa shape index (κ3) is 3.84. The molecule has 2 aromatic rings. The molecule has 8 heteroatoms. The summed E-state index contributed by atoms with van der Waals surface area (Å²) >= 11 is 0. The van der Waals surface area contributed by atoms with E-state index in [9.17, 15) is 15.0 Å². The molecule has 0 spiro atoms. The molecule has 1 aliphatic carbocycles. The SMILES string of the molecule is C[C@]12CC(c3ccc(NC(=O)c4ncc(C#N)[nH]4)c(C4=CCCCC4)c3)C[C@](C)(O1)[C@H](O)[C@@H]2O. The number of benzene rings is 1. The number of aromatic amines is 1. The van der Waals surface area contributed by atoms with Crippen molar-refractivity contribution in [2.45, 2.75) is 81.7 Å². The number of nitrogens with one attached hydrogen (secondary N) is 2. The molecule has 1 aromatic carbocycles. The van der Waals surface area contributed by atoms with Crippen LogP contribution >= 0.6 is 0 Å². The van der Waals surface area contributed by atoms with E-state index in [2.05, 4.69) is 27.4 Å². The minimum absolute atomic E-state index is 0.0917. The van der Waals surface area contributed by atoms with Gasteiger partial charge >= 0.3 is 0 Å². The standard InChI is InChI=1S/C26H30N4O4/c1-25-11-17(12-26(2,34-25)22(32)21(25)31)16-8-9-20(19(10-16)15-6-4-3-5-7-15)30-24(33)23-28-14-18(13-27)29-23/h6,8-10,14,17,21-22,31-32H,3-5,7,11-12H2,1-2H3,(H,28,29)(H,30,33)/t17?,21-,22+,25+,26-. The van der Waals surface area contributed by atoms with Gasteiger partial charge in [0.25, 0.3) is 5.91 Å². The molecule has 0 saturated carbocycles. The molecule has 4 N–H and O–H groups in total. The summed E-state index contributed by atoms with van der Waals surface area (Å²) < 4.78 is 6.13. The van der Waals surface area contributed by atoms with E-state index in [-0.39, 0.29) is 17.4 Å². The zero-order chi connectivity index (χ0) is 24.1. The fourth-order valence-electron chi connectivity index (χ4n) is 5.88. The lowest BCUT2D eigenvalue weighted by atomic mass is 9.79. The fraction of sp³-hybridized carbons (Fsp3) is 0.500. The molecule has 2 aliphatic heterocycles. The van der Waals surface area contributed by atoms with Crippen molar-refractivity contribution in [3.63, 3.8) is 0 Å². The third-order valence-corrected chi connectivity index (χ3v) is 7.63. The average Bonchev–Trinajstić information content (AvgIpc) is 3.36. The number of hydrogen-bond donors (Lipinski definition) is 4. The van der Waals surface area contributed by atoms with Crippen molar-refractivity contribution in [3.8, 4) is 6.07 Å². The molecule has 5 atom stereocenters. The van der Waals surface area contributed by atoms with Crippen LogP contribution in [0.4, 0.5) is 5.69 Å². The van der Waals surface area contributed by atoms with Crippen LogP contribution in [0.1, 0.15) is 85.7 Å². The maximum absolute atomic E-state index is 12.8. The average molecular weight is 463 g/mol. The van der Waals surface area contributed by atoms with Gasteiger partial charge in [0.15, 0.2) is 5.82 Å². The monoisotopic (exact) mass is 462 g/mol. The first-order chi connectivity index (χ1) is 16.2. The molecule has 34 heavy (non-hydrogen) atoms. The summed E-state index contributed by atoms with van der Waals surface area (Å²) in [7, 11) is 0. The quantitative estimate of drug-likeness (QED) is 0.549. The van der Waals surface area contributed by atoms with E-state index in [4.69, 9.17) is 10.00 Å². The number of allylic oxidation sites excluding steroid dienone is 2. The zero-order valence-electron chi connectivity index (χ0n) is 19.5. The summed E-state index contributed by atoms with van der Waals surface area (Å²) in [6, 6.07) is 8.00. The molecule has 2 fully saturated rings. The number of aromatic nitrogens is 2. The fourth-order valence-corrected chi connectivity index (χ4v) is 5.88. The van der Waals surface area contributed by atoms with E-state index in [1.165, 1.54) is 11.8 Å². The van der Waals surface area contributed by atoms with Gasteiger partial charge in [0.1, 0.15) is 24.0 Å². The number of fused-ring (bicyclic) bond motifs is 2. The smallest absolute Gasteiger partial charge is 0.291 e. The van der Waals surface area contributed by atoms with Gasteiger partial charge in [-0.05, 0) is 81.6 Å². The number of aliphatic hydroxyl groups excluding tert-OH is 2. The number of hydrogen-bond acceptors (Lipinski definition) is 6. The lowest BCUT2D eigenvalue weighted by Gasteiger charge is -2.41. The van der Waals surface area contributed by atoms with Crippen LogP contribution in [0.15, 0.2) is 30.5 Å². The number of carbonyl (C=O) groups excluding carboxylic acids is 1. The summed E-state index contributed by atoms with van der Waals surface area (Å²) in [5.41, 5.74) is 2.62. The topological polar surface area (TPSA) is 131 Å². The molecule has 2 saturated heterocycles. The van der Waals surface area contributed by atoms with Gasteiger partial charge in [-0.25, -0.2) is 4.98 Å². The first kappa shape index (κ1) is 22.8. The highest BCUT2D eigenvalue weighted by Crippen LogP contribution is 2.53. The molecule has 3 aliphatic rings. The molecule has 5 rings (SSSR count). The number of rotatable bonds is 4. The minimum Gasteiger partial charge on any atom is -0.387 e. The Kier molecular flexibility index (Phi) is 5.59. The normalized spacial score (nSPS) is 32.7. The molecule has 8 nitrogen and oxygen atoms in total. The van der Waals surface area contributed by atoms with E-state index in [1.807, 2.05) is 32.0 Å². The van der Waals surface area contributed by atoms with E-state index in [1.54, 1.807) is 0 Å². The van der Waals surface area contributed by atoms with Gasteiger partial charge in [-0.1, -0.05) is 12.1 Å². The van der Waals surface area contributed by atoms with E-state index >= 15 is 0 Å². The van der Waals surface area contributed by atoms with Crippen molar-refractivity contribution in [2.24, 2.45) is 0 Å². The van der Waals surface area contributed by atoms with Crippen molar-refractivity contribution in [1.29, 1.82) is 5.26 Å². The Bertz CT molecular complexity index is 1180. The molecule has 1 amide bonds. The second-order valence-corrected chi connectivity index (χ2v) is 10.2. The van der Waals surface area contributed by atoms with Crippen molar-refractivity contribution < 1.29 is 19.7 Å². The maximum atomic E-state index is 12.8. The van der Waals surface area contributed by atoms with Gasteiger partial charge in [0.05, 0.1) is 17.4 Å². The van der Waals surface area contributed by atoms with Crippen LogP contribution in [0.3, 0.4) is 0 Å². The number of ether oxygens (including phenoxy) is 1. The second kappa shape index (κ2) is 8.35. The van der Waals surface area contributed by atoms with Crippen LogP contribution < -0.4 is 5.32 Å². The molecule has 178 valence electrons. The van der Waals surface area contributed by atoms with E-state index in [0.717, 1.165) is 36.8 Å². The Morgan fingerprint density at radius 2 is 1.97 bits per heavy atom. The van der Waals surface area contributed by atoms with Crippen LogP contribution in [0.5, 0.6) is 0 Å². The van der Waals surface area contributed by atoms with E-state index < -0.39 is 29.3 Å². The summed E-state index contributed by atoms with van der Waals surface area (Å²) in [5, 5.41) is 33.2. The van der Waals surface area contributed by atoms with E-state index in [0.29, 0.717) is 18.5 Å². The summed E-state index contributed by atoms with van der Waals surface area (Å²) in [6.07, 6.45) is 7.13. The lowest BCUT2D eigenvalue weighted by Crippen LogP contribution is -2.43. The van der Waals surface area contributed by atoms with Gasteiger partial charge in [-0.15, -0.1) is 0 Å². The molecule has 0 radical (unpaired) electrons. The molecule has 1 unspecified atom stereocenters. The number of nitrogens with zero attached hydrogens (tertiary/aromatic N) is 2. The number of H-pyrrole nitrogens is 1. The molecule has 3 heterocycles. The van der Waals surface area contributed by atoms with Crippen LogP contribution in [-0.4, -0.2) is 49.5 Å². The third-order valence-electron chi connectivity index (χ3n) is 7.63. The Morgan fingerprint density at radius 3 is 2.59 bits per heavy atom. The maximum Gasteiger partial charge on any atom is 0.291 e. The van der Waals surface area contributed by atoms with Gasteiger partial charge in [-0.2, -0.15) is 5.26 Å². The number of nitriles is 1. The molecular formula is C26H30N4O4. The zero-order valence-corrected chi connectivity index (χ0v) is 19.5.